The van der Waals surface area contributed by atoms with E-state index in [1.54, 1.807) is 0 Å². The first-order chi connectivity index (χ1) is 8.06. The Morgan fingerprint density at radius 1 is 1.24 bits per heavy atom. The second-order valence-corrected chi connectivity index (χ2v) is 11.2. The molecule has 2 rings (SSSR count). The highest BCUT2D eigenvalue weighted by Crippen LogP contribution is 2.13. The van der Waals surface area contributed by atoms with E-state index in [1.165, 1.54) is 11.4 Å². The third-order valence-electron chi connectivity index (χ3n) is 2.76. The van der Waals surface area contributed by atoms with Gasteiger partial charge in [-0.3, -0.25) is 0 Å². The Bertz CT molecular complexity index is 487. The quantitative estimate of drug-likeness (QED) is 0.599. The number of aromatic nitrogens is 2. The van der Waals surface area contributed by atoms with E-state index in [-0.39, 0.29) is 0 Å². The highest BCUT2D eigenvalue weighted by molar-refractivity contribution is 6.76. The summed E-state index contributed by atoms with van der Waals surface area (Å²) in [6, 6.07) is 9.40. The molecule has 1 heterocycles. The fraction of sp³-hybridized carbons (Fsp3) is 0.462. The summed E-state index contributed by atoms with van der Waals surface area (Å²) >= 11 is 0. The molecular formula is C13H20N2OSi. The van der Waals surface area contributed by atoms with E-state index in [0.29, 0.717) is 6.73 Å². The molecule has 0 aliphatic rings. The Kier molecular flexibility index (Phi) is 3.64. The van der Waals surface area contributed by atoms with Crippen molar-refractivity contribution in [3.05, 3.63) is 30.5 Å². The summed E-state index contributed by atoms with van der Waals surface area (Å²) in [4.78, 5) is 0. The third-order valence-corrected chi connectivity index (χ3v) is 4.47. The minimum absolute atomic E-state index is 0.554. The highest BCUT2D eigenvalue weighted by Gasteiger charge is 2.12. The molecule has 0 aliphatic carbocycles. The van der Waals surface area contributed by atoms with Crippen molar-refractivity contribution in [3.63, 3.8) is 0 Å². The number of fused-ring (bicyclic) bond motifs is 1. The van der Waals surface area contributed by atoms with Crippen LogP contribution in [0.25, 0.3) is 10.9 Å². The van der Waals surface area contributed by atoms with E-state index in [2.05, 4.69) is 36.9 Å². The van der Waals surface area contributed by atoms with Crippen LogP contribution in [0.5, 0.6) is 0 Å². The third kappa shape index (κ3) is 3.41. The molecule has 0 saturated carbocycles. The number of ether oxygens (including phenoxy) is 1. The molecule has 1 aromatic carbocycles. The van der Waals surface area contributed by atoms with Crippen molar-refractivity contribution in [1.29, 1.82) is 0 Å². The molecule has 0 fully saturated rings. The predicted molar refractivity (Wildman–Crippen MR) is 73.8 cm³/mol. The lowest BCUT2D eigenvalue weighted by Crippen LogP contribution is -2.22. The molecule has 0 aliphatic heterocycles. The molecule has 0 atom stereocenters. The fourth-order valence-electron chi connectivity index (χ4n) is 1.66. The maximum absolute atomic E-state index is 5.70. The molecule has 92 valence electrons. The number of para-hydroxylation sites is 1. The molecule has 1 aromatic heterocycles. The van der Waals surface area contributed by atoms with Gasteiger partial charge in [0.2, 0.25) is 0 Å². The van der Waals surface area contributed by atoms with E-state index < -0.39 is 8.07 Å². The van der Waals surface area contributed by atoms with Gasteiger partial charge in [0.05, 0.1) is 11.7 Å². The van der Waals surface area contributed by atoms with Crippen LogP contribution in [-0.4, -0.2) is 24.5 Å². The first-order valence-corrected chi connectivity index (χ1v) is 9.75. The minimum atomic E-state index is -0.988. The van der Waals surface area contributed by atoms with Crippen molar-refractivity contribution in [3.8, 4) is 0 Å². The van der Waals surface area contributed by atoms with Gasteiger partial charge in [-0.2, -0.15) is 5.10 Å². The predicted octanol–water partition coefficient (Wildman–Crippen LogP) is 3.35. The second kappa shape index (κ2) is 5.02. The van der Waals surface area contributed by atoms with Gasteiger partial charge in [-0.15, -0.1) is 0 Å². The molecule has 0 radical (unpaired) electrons. The molecule has 2 aromatic rings. The lowest BCUT2D eigenvalue weighted by molar-refractivity contribution is 0.0817. The maximum atomic E-state index is 5.70. The van der Waals surface area contributed by atoms with Gasteiger partial charge in [0.1, 0.15) is 6.73 Å². The van der Waals surface area contributed by atoms with Crippen molar-refractivity contribution in [2.45, 2.75) is 32.4 Å². The summed E-state index contributed by atoms with van der Waals surface area (Å²) in [6.45, 7) is 8.47. The van der Waals surface area contributed by atoms with Crippen molar-refractivity contribution < 1.29 is 4.74 Å². The monoisotopic (exact) mass is 248 g/mol. The van der Waals surface area contributed by atoms with Crippen molar-refractivity contribution >= 4 is 19.0 Å². The molecule has 3 nitrogen and oxygen atoms in total. The number of rotatable bonds is 5. The Hall–Kier alpha value is -1.13. The van der Waals surface area contributed by atoms with Crippen LogP contribution in [0.15, 0.2) is 30.5 Å². The van der Waals surface area contributed by atoms with Crippen LogP contribution in [0, 0.1) is 0 Å². The SMILES string of the molecule is C[Si](C)(C)CCOCn1ncc2ccccc21. The van der Waals surface area contributed by atoms with Gasteiger partial charge < -0.3 is 4.74 Å². The average molecular weight is 248 g/mol. The van der Waals surface area contributed by atoms with Gasteiger partial charge >= 0.3 is 0 Å². The summed E-state index contributed by atoms with van der Waals surface area (Å²) in [6.07, 6.45) is 1.89. The largest absolute Gasteiger partial charge is 0.360 e. The van der Waals surface area contributed by atoms with Crippen LogP contribution in [0.4, 0.5) is 0 Å². The number of nitrogens with zero attached hydrogens (tertiary/aromatic N) is 2. The van der Waals surface area contributed by atoms with E-state index in [1.807, 2.05) is 23.0 Å². The van der Waals surface area contributed by atoms with E-state index in [4.69, 9.17) is 4.74 Å². The summed E-state index contributed by atoms with van der Waals surface area (Å²) in [7, 11) is -0.988. The first-order valence-electron chi connectivity index (χ1n) is 6.04. The van der Waals surface area contributed by atoms with Gasteiger partial charge in [-0.25, -0.2) is 4.68 Å². The van der Waals surface area contributed by atoms with Gasteiger partial charge in [-0.1, -0.05) is 37.8 Å². The van der Waals surface area contributed by atoms with Crippen LogP contribution in [0.2, 0.25) is 25.7 Å². The molecule has 0 amide bonds. The van der Waals surface area contributed by atoms with Crippen molar-refractivity contribution in [2.24, 2.45) is 0 Å². The maximum Gasteiger partial charge on any atom is 0.139 e. The van der Waals surface area contributed by atoms with Gasteiger partial charge in [0, 0.05) is 20.1 Å². The molecule has 0 spiro atoms. The van der Waals surface area contributed by atoms with E-state index in [9.17, 15) is 0 Å². The normalized spacial score (nSPS) is 12.2. The standard InChI is InChI=1S/C13H20N2OSi/c1-17(2,3)9-8-16-11-15-13-7-5-4-6-12(13)10-14-15/h4-7,10H,8-9,11H2,1-3H3. The zero-order valence-corrected chi connectivity index (χ0v) is 11.8. The molecule has 0 unspecified atom stereocenters. The van der Waals surface area contributed by atoms with E-state index in [0.717, 1.165) is 12.1 Å². The molecule has 0 bridgehead atoms. The number of hydrogen-bond donors (Lipinski definition) is 0. The number of benzene rings is 1. The minimum Gasteiger partial charge on any atom is -0.360 e. The zero-order chi connectivity index (χ0) is 12.3. The van der Waals surface area contributed by atoms with Gasteiger partial charge in [0.25, 0.3) is 0 Å². The molecule has 0 N–H and O–H groups in total. The lowest BCUT2D eigenvalue weighted by atomic mass is 10.3. The van der Waals surface area contributed by atoms with Crippen LogP contribution >= 0.6 is 0 Å². The topological polar surface area (TPSA) is 27.1 Å². The van der Waals surface area contributed by atoms with Gasteiger partial charge in [0.15, 0.2) is 0 Å². The van der Waals surface area contributed by atoms with E-state index >= 15 is 0 Å². The fourth-order valence-corrected chi connectivity index (χ4v) is 2.41. The molecule has 4 heteroatoms. The molecular weight excluding hydrogens is 228 g/mol. The van der Waals surface area contributed by atoms with Crippen LogP contribution in [0.1, 0.15) is 0 Å². The lowest BCUT2D eigenvalue weighted by Gasteiger charge is -2.15. The Morgan fingerprint density at radius 3 is 2.76 bits per heavy atom. The summed E-state index contributed by atoms with van der Waals surface area (Å²) in [5.41, 5.74) is 1.14. The Morgan fingerprint density at radius 2 is 2.00 bits per heavy atom. The molecule has 0 saturated heterocycles. The Labute approximate surface area is 103 Å². The van der Waals surface area contributed by atoms with Crippen molar-refractivity contribution in [2.75, 3.05) is 6.61 Å². The second-order valence-electron chi connectivity index (χ2n) is 5.55. The number of hydrogen-bond acceptors (Lipinski definition) is 2. The zero-order valence-electron chi connectivity index (χ0n) is 10.8. The Balaban J connectivity index is 1.91. The summed E-state index contributed by atoms with van der Waals surface area (Å²) in [5, 5.41) is 5.50. The van der Waals surface area contributed by atoms with Crippen LogP contribution in [0.3, 0.4) is 0 Å². The first kappa shape index (κ1) is 12.3. The summed E-state index contributed by atoms with van der Waals surface area (Å²) in [5.74, 6) is 0. The smallest absolute Gasteiger partial charge is 0.139 e. The van der Waals surface area contributed by atoms with Gasteiger partial charge in [-0.05, 0) is 12.1 Å². The van der Waals surface area contributed by atoms with Crippen LogP contribution < -0.4 is 0 Å². The molecule has 17 heavy (non-hydrogen) atoms. The van der Waals surface area contributed by atoms with Crippen LogP contribution in [-0.2, 0) is 11.5 Å². The highest BCUT2D eigenvalue weighted by atomic mass is 28.3. The summed E-state index contributed by atoms with van der Waals surface area (Å²) < 4.78 is 7.61. The van der Waals surface area contributed by atoms with Crippen molar-refractivity contribution in [1.82, 2.24) is 9.78 Å². The average Bonchev–Trinajstić information content (AvgIpc) is 2.67.